The number of likely N-dealkylation sites (N-methyl/N-ethyl adjacent to an activating group) is 1. The molecule has 1 aromatic rings. The van der Waals surface area contributed by atoms with Gasteiger partial charge in [0.25, 0.3) is 0 Å². The maximum atomic E-state index is 13.5. The molecule has 50 heavy (non-hydrogen) atoms. The van der Waals surface area contributed by atoms with Gasteiger partial charge >= 0.3 is 17.9 Å². The van der Waals surface area contributed by atoms with Gasteiger partial charge < -0.3 is 34.4 Å². The van der Waals surface area contributed by atoms with Crippen molar-refractivity contribution in [2.24, 2.45) is 0 Å². The Labute approximate surface area is 296 Å². The molecule has 276 valence electrons. The molecular formula is C40H57NO9. The van der Waals surface area contributed by atoms with Gasteiger partial charge in [0.15, 0.2) is 6.10 Å². The van der Waals surface area contributed by atoms with Crippen molar-refractivity contribution in [1.29, 1.82) is 0 Å². The minimum Gasteiger partial charge on any atom is -0.481 e. The fourth-order valence-corrected chi connectivity index (χ4v) is 8.70. The van der Waals surface area contributed by atoms with E-state index < -0.39 is 47.6 Å². The lowest BCUT2D eigenvalue weighted by Gasteiger charge is -2.61. The van der Waals surface area contributed by atoms with Crippen molar-refractivity contribution in [3.05, 3.63) is 52.8 Å². The molecule has 0 amide bonds. The normalized spacial score (nSPS) is 25.5. The van der Waals surface area contributed by atoms with Crippen LogP contribution in [0.1, 0.15) is 133 Å². The Kier molecular flexibility index (Phi) is 13.2. The van der Waals surface area contributed by atoms with E-state index >= 15 is 0 Å². The zero-order valence-electron chi connectivity index (χ0n) is 30.0. The second-order valence-electron chi connectivity index (χ2n) is 14.7. The Morgan fingerprint density at radius 2 is 1.70 bits per heavy atom. The van der Waals surface area contributed by atoms with Crippen LogP contribution in [0.25, 0.3) is 0 Å². The van der Waals surface area contributed by atoms with E-state index in [0.29, 0.717) is 37.1 Å². The number of aliphatic carboxylic acids is 1. The zero-order chi connectivity index (χ0) is 35.7. The van der Waals surface area contributed by atoms with Crippen LogP contribution in [-0.2, 0) is 42.3 Å². The van der Waals surface area contributed by atoms with Gasteiger partial charge in [0.1, 0.15) is 11.5 Å². The summed E-state index contributed by atoms with van der Waals surface area (Å²) in [5.41, 5.74) is 0.360. The Balaban J connectivity index is 1.11. The summed E-state index contributed by atoms with van der Waals surface area (Å²) in [6.45, 7) is 2.67. The predicted molar refractivity (Wildman–Crippen MR) is 189 cm³/mol. The number of piperidine rings is 1. The summed E-state index contributed by atoms with van der Waals surface area (Å²) in [5.74, 6) is -2.24. The fraction of sp³-hybridized carbons (Fsp3) is 0.675. The van der Waals surface area contributed by atoms with Crippen LogP contribution in [0.3, 0.4) is 0 Å². The zero-order valence-corrected chi connectivity index (χ0v) is 30.0. The first-order valence-electron chi connectivity index (χ1n) is 19.0. The number of carboxylic acids is 1. The molecule has 1 saturated heterocycles. The van der Waals surface area contributed by atoms with Crippen molar-refractivity contribution >= 4 is 17.9 Å². The van der Waals surface area contributed by atoms with Gasteiger partial charge in [-0.05, 0) is 70.2 Å². The predicted octanol–water partition coefficient (Wildman–Crippen LogP) is 6.42. The average Bonchev–Trinajstić information content (AvgIpc) is 3.45. The van der Waals surface area contributed by atoms with Crippen molar-refractivity contribution in [3.8, 4) is 5.75 Å². The van der Waals surface area contributed by atoms with Gasteiger partial charge in [-0.25, -0.2) is 4.79 Å². The van der Waals surface area contributed by atoms with E-state index in [-0.39, 0.29) is 31.2 Å². The van der Waals surface area contributed by atoms with E-state index in [1.165, 1.54) is 38.5 Å². The summed E-state index contributed by atoms with van der Waals surface area (Å²) in [6.07, 6.45) is 19.1. The lowest BCUT2D eigenvalue weighted by atomic mass is 9.50. The molecule has 0 radical (unpaired) electrons. The minimum absolute atomic E-state index is 0.0864. The Hall–Kier alpha value is -3.21. The summed E-state index contributed by atoms with van der Waals surface area (Å²) in [7, 11) is 2.00. The van der Waals surface area contributed by atoms with Crippen LogP contribution in [0, 0.1) is 0 Å². The SMILES string of the molecule is CCCCCCCC/C=C/CCCCCCCC(=O)O[C@@H](CC(=O)O)C(=O)OC1=CC[C@@]2(O)[C@H]3Cc4ccc(CO)c5c4C2(CCN3C)C1O5. The first-order chi connectivity index (χ1) is 24.2. The molecule has 1 spiro atoms. The molecule has 10 heteroatoms. The molecule has 3 N–H and O–H groups in total. The Morgan fingerprint density at radius 1 is 1.02 bits per heavy atom. The third kappa shape index (κ3) is 7.97. The highest BCUT2D eigenvalue weighted by Gasteiger charge is 2.72. The molecule has 2 heterocycles. The summed E-state index contributed by atoms with van der Waals surface area (Å²) in [4.78, 5) is 40.1. The van der Waals surface area contributed by atoms with Crippen LogP contribution in [-0.4, -0.2) is 75.6 Å². The molecule has 0 aromatic heterocycles. The third-order valence-corrected chi connectivity index (χ3v) is 11.4. The highest BCUT2D eigenvalue weighted by molar-refractivity contribution is 5.84. The number of aliphatic hydroxyl groups excluding tert-OH is 1. The Morgan fingerprint density at radius 3 is 2.38 bits per heavy atom. The molecule has 0 saturated carbocycles. The van der Waals surface area contributed by atoms with Gasteiger partial charge in [0.05, 0.1) is 24.0 Å². The highest BCUT2D eigenvalue weighted by Crippen LogP contribution is 2.64. The monoisotopic (exact) mass is 695 g/mol. The molecule has 5 rings (SSSR count). The number of hydrogen-bond acceptors (Lipinski definition) is 9. The molecule has 1 aromatic carbocycles. The number of rotatable bonds is 21. The number of carbonyl (C=O) groups excluding carboxylic acids is 2. The Bertz CT molecular complexity index is 1420. The molecule has 4 aliphatic rings. The van der Waals surface area contributed by atoms with Crippen molar-refractivity contribution in [3.63, 3.8) is 0 Å². The number of esters is 2. The molecular weight excluding hydrogens is 638 g/mol. The largest absolute Gasteiger partial charge is 0.481 e. The first kappa shape index (κ1) is 38.0. The van der Waals surface area contributed by atoms with E-state index in [1.807, 2.05) is 19.2 Å². The van der Waals surface area contributed by atoms with Crippen molar-refractivity contribution < 1.29 is 43.9 Å². The lowest BCUT2D eigenvalue weighted by Crippen LogP contribution is -2.74. The summed E-state index contributed by atoms with van der Waals surface area (Å²) >= 11 is 0. The van der Waals surface area contributed by atoms with E-state index in [1.54, 1.807) is 6.08 Å². The number of aliphatic hydroxyl groups is 2. The number of ether oxygens (including phenoxy) is 3. The first-order valence-corrected chi connectivity index (χ1v) is 19.0. The summed E-state index contributed by atoms with van der Waals surface area (Å²) in [6, 6.07) is 3.62. The number of likely N-dealkylation sites (tertiary alicyclic amines) is 1. The van der Waals surface area contributed by atoms with Crippen LogP contribution >= 0.6 is 0 Å². The topological polar surface area (TPSA) is 143 Å². The summed E-state index contributed by atoms with van der Waals surface area (Å²) in [5, 5.41) is 32.0. The molecule has 2 unspecified atom stereocenters. The number of carbonyl (C=O) groups is 3. The van der Waals surface area contributed by atoms with E-state index in [9.17, 15) is 29.7 Å². The second kappa shape index (κ2) is 17.3. The number of carboxylic acid groups (broad SMARTS) is 1. The molecule has 5 atom stereocenters. The average molecular weight is 696 g/mol. The maximum absolute atomic E-state index is 13.5. The van der Waals surface area contributed by atoms with Crippen molar-refractivity contribution in [2.75, 3.05) is 13.6 Å². The number of allylic oxidation sites excluding steroid dienone is 2. The van der Waals surface area contributed by atoms with Gasteiger partial charge in [-0.2, -0.15) is 0 Å². The number of nitrogens with zero attached hydrogens (tertiary/aromatic N) is 1. The molecule has 2 aliphatic heterocycles. The molecule has 2 aliphatic carbocycles. The molecule has 2 bridgehead atoms. The fourth-order valence-electron chi connectivity index (χ4n) is 8.70. The van der Waals surface area contributed by atoms with Crippen LogP contribution in [0.5, 0.6) is 5.75 Å². The van der Waals surface area contributed by atoms with Crippen molar-refractivity contribution in [1.82, 2.24) is 4.90 Å². The molecule has 1 fully saturated rings. The van der Waals surface area contributed by atoms with E-state index in [0.717, 1.165) is 49.7 Å². The van der Waals surface area contributed by atoms with Crippen molar-refractivity contribution in [2.45, 2.75) is 158 Å². The summed E-state index contributed by atoms with van der Waals surface area (Å²) < 4.78 is 17.7. The minimum atomic E-state index is -1.62. The number of hydrogen-bond donors (Lipinski definition) is 3. The quantitative estimate of drug-likeness (QED) is 0.0749. The highest BCUT2D eigenvalue weighted by atomic mass is 16.6. The van der Waals surface area contributed by atoms with Gasteiger partial charge in [-0.3, -0.25) is 9.59 Å². The van der Waals surface area contributed by atoms with Crippen LogP contribution in [0.2, 0.25) is 0 Å². The standard InChI is InChI=1S/C40H57NO9/c1-3-4-5-6-7-8-9-10-11-12-13-14-15-16-17-18-34(45)48-31(26-33(43)44)38(46)49-30-21-22-40(47)32-25-28-19-20-29(27-42)36-35(28)39(40,37(30)50-36)23-24-41(32)2/h10-11,19-21,31-32,37,42,47H,3-9,12-18,22-27H2,1-2H3,(H,43,44)/b11-10+/t31-,32+,37?,39?,40+/m0/s1. The van der Waals surface area contributed by atoms with Gasteiger partial charge in [0.2, 0.25) is 6.10 Å². The number of unbranched alkanes of at least 4 members (excludes halogenated alkanes) is 11. The number of benzene rings is 1. The van der Waals surface area contributed by atoms with E-state index in [2.05, 4.69) is 24.0 Å². The van der Waals surface area contributed by atoms with Gasteiger partial charge in [-0.1, -0.05) is 82.6 Å². The van der Waals surface area contributed by atoms with Gasteiger partial charge in [-0.15, -0.1) is 0 Å². The lowest BCUT2D eigenvalue weighted by molar-refractivity contribution is -0.177. The van der Waals surface area contributed by atoms with Crippen LogP contribution < -0.4 is 4.74 Å². The third-order valence-electron chi connectivity index (χ3n) is 11.4. The van der Waals surface area contributed by atoms with Crippen LogP contribution in [0.15, 0.2) is 36.1 Å². The second-order valence-corrected chi connectivity index (χ2v) is 14.7. The molecule has 10 nitrogen and oxygen atoms in total. The smallest absolute Gasteiger partial charge is 0.353 e. The van der Waals surface area contributed by atoms with Crippen LogP contribution in [0.4, 0.5) is 0 Å². The van der Waals surface area contributed by atoms with Gasteiger partial charge in [0, 0.05) is 30.0 Å². The van der Waals surface area contributed by atoms with E-state index in [4.69, 9.17) is 14.2 Å². The maximum Gasteiger partial charge on any atom is 0.353 e.